The van der Waals surface area contributed by atoms with E-state index < -0.39 is 107 Å². The molecule has 0 aliphatic carbocycles. The van der Waals surface area contributed by atoms with Crippen LogP contribution in [-0.4, -0.2) is 105 Å². The van der Waals surface area contributed by atoms with Gasteiger partial charge in [0.05, 0.1) is 6.33 Å². The predicted octanol–water partition coefficient (Wildman–Crippen LogP) is 1.67. The number of aromatic amines is 2. The average molecular weight is 1040 g/mol. The summed E-state index contributed by atoms with van der Waals surface area (Å²) in [5.74, 6) is 0.123. The van der Waals surface area contributed by atoms with E-state index >= 15 is 0 Å². The van der Waals surface area contributed by atoms with Crippen LogP contribution in [0.5, 0.6) is 0 Å². The summed E-state index contributed by atoms with van der Waals surface area (Å²) in [5.41, 5.74) is 5.37. The fraction of sp³-hybridized carbons (Fsp3) is 0.500. The van der Waals surface area contributed by atoms with Crippen LogP contribution in [0.2, 0.25) is 0 Å². The summed E-state index contributed by atoms with van der Waals surface area (Å²) >= 11 is 0. The average Bonchev–Trinajstić information content (AvgIpc) is 3.67. The number of hydrogen-bond acceptors (Lipinski definition) is 21. The fourth-order valence-electron chi connectivity index (χ4n) is 5.02. The summed E-state index contributed by atoms with van der Waals surface area (Å²) in [6, 6.07) is 1.73. The molecule has 3 aromatic rings. The lowest BCUT2D eigenvalue weighted by Gasteiger charge is -2.29. The number of anilines is 2. The second kappa shape index (κ2) is 22.2. The summed E-state index contributed by atoms with van der Waals surface area (Å²) < 4.78 is 103. The predicted molar refractivity (Wildman–Crippen MR) is 216 cm³/mol. The minimum atomic E-state index is -6.15. The Morgan fingerprint density at radius 3 is 1.98 bits per heavy atom. The first-order valence-electron chi connectivity index (χ1n) is 17.6. The van der Waals surface area contributed by atoms with Crippen LogP contribution < -0.4 is 22.3 Å². The Kier molecular flexibility index (Phi) is 19.2. The third-order valence-electron chi connectivity index (χ3n) is 7.91. The van der Waals surface area contributed by atoms with Crippen LogP contribution in [0.3, 0.4) is 0 Å². The molecule has 32 nitrogen and oxygen atoms in total. The van der Waals surface area contributed by atoms with Crippen molar-refractivity contribution in [2.24, 2.45) is 0 Å². The van der Waals surface area contributed by atoms with Crippen LogP contribution in [0.4, 0.5) is 11.8 Å². The molecule has 3 aromatic heterocycles. The van der Waals surface area contributed by atoms with Crippen molar-refractivity contribution in [3.8, 4) is 0 Å². The number of nitrogens with one attached hydrogen (secondary N) is 3. The number of allylic oxidation sites excluding steroid dienone is 2. The van der Waals surface area contributed by atoms with E-state index in [1.54, 1.807) is 19.2 Å². The van der Waals surface area contributed by atoms with Gasteiger partial charge in [0.1, 0.15) is 30.2 Å². The van der Waals surface area contributed by atoms with Crippen LogP contribution in [0, 0.1) is 0 Å². The van der Waals surface area contributed by atoms with Crippen LogP contribution in [0.25, 0.3) is 11.2 Å². The molecule has 0 bridgehead atoms. The topological polar surface area (TPSA) is 496 Å². The third-order valence-corrected chi connectivity index (χ3v) is 15.6. The summed E-state index contributed by atoms with van der Waals surface area (Å²) in [6.07, 6.45) is -4.58. The maximum absolute atomic E-state index is 12.9. The standard InChI is InChI=1S/C16H29N5O23P6.C10H15N3O/c1-3-7(2)4-5-8(39-47(30,31)43-49(34,35)41-45(24,25)26)11-12(40-48(32,33)44-50(36,37)42-46(27,28)29)10(22)15(38-11)21-6-18-9-13(21)19-16(17)20-14(9)23;1-3-8(2)4-6-11-9-5-7-12-10(14)13-9/h4,6,8,10-12,15,22H,3,5H2,1-2H3,(H,30,31)(H,32,33)(H,34,35)(H,36,37)(H2,24,25,26)(H2,27,28,29)(H3,17,19,20,23);4-5,7H,3,6H2,1-2H3,(H2,11,12,13,14)/t8?,10-,11-,12+,15-;/m1./s1. The molecule has 1 aliphatic heterocycles. The van der Waals surface area contributed by atoms with E-state index in [0.717, 1.165) is 17.3 Å². The summed E-state index contributed by atoms with van der Waals surface area (Å²) in [4.78, 5) is 114. The number of nitrogens with two attached hydrogens (primary N) is 1. The number of hydrogen-bond donors (Lipinski definition) is 13. The van der Waals surface area contributed by atoms with Crippen molar-refractivity contribution in [2.75, 3.05) is 17.6 Å². The monoisotopic (exact) mass is 1040 g/mol. The van der Waals surface area contributed by atoms with E-state index in [1.807, 2.05) is 0 Å². The third kappa shape index (κ3) is 18.0. The minimum Gasteiger partial charge on any atom is -0.386 e. The molecular weight excluding hydrogens is 994 g/mol. The number of nitrogens with zero attached hydrogens (tertiary/aromatic N) is 4. The Morgan fingerprint density at radius 2 is 1.44 bits per heavy atom. The Hall–Kier alpha value is -2.95. The highest BCUT2D eigenvalue weighted by atomic mass is 31.3. The molecule has 0 amide bonds. The number of fused-ring (bicyclic) bond motifs is 1. The van der Waals surface area contributed by atoms with Crippen LogP contribution in [-0.2, 0) is 58.4 Å². The zero-order valence-corrected chi connectivity index (χ0v) is 38.7. The molecule has 1 aliphatic rings. The number of rotatable bonds is 21. The van der Waals surface area contributed by atoms with Gasteiger partial charge in [-0.3, -0.25) is 23.4 Å². The first-order valence-corrected chi connectivity index (χ1v) is 26.6. The Bertz CT molecular complexity index is 2590. The van der Waals surface area contributed by atoms with Gasteiger partial charge < -0.3 is 65.0 Å². The summed E-state index contributed by atoms with van der Waals surface area (Å²) in [7, 11) is -36.1. The van der Waals surface area contributed by atoms with Crippen molar-refractivity contribution < 1.29 is 103 Å². The zero-order chi connectivity index (χ0) is 48.6. The molecule has 362 valence electrons. The Morgan fingerprint density at radius 1 is 0.875 bits per heavy atom. The number of nitrogen functional groups attached to an aromatic ring is 1. The Balaban J connectivity index is 0.000000659. The number of H-pyrrole nitrogens is 2. The number of imidazole rings is 1. The van der Waals surface area contributed by atoms with Gasteiger partial charge in [-0.05, 0) is 39.2 Å². The number of ether oxygens (including phenoxy) is 1. The number of aliphatic hydroxyl groups excluding tert-OH is 1. The van der Waals surface area contributed by atoms with Gasteiger partial charge in [0.25, 0.3) is 5.56 Å². The van der Waals surface area contributed by atoms with Gasteiger partial charge in [-0.15, -0.1) is 0 Å². The van der Waals surface area contributed by atoms with E-state index in [4.69, 9.17) is 39.1 Å². The van der Waals surface area contributed by atoms with Gasteiger partial charge in [-0.1, -0.05) is 37.1 Å². The number of phosphoric ester groups is 2. The molecule has 0 spiro atoms. The smallest absolute Gasteiger partial charge is 0.386 e. The molecule has 0 saturated carbocycles. The molecular formula is C26H44N8O24P6. The van der Waals surface area contributed by atoms with E-state index in [1.165, 1.54) is 18.6 Å². The van der Waals surface area contributed by atoms with Gasteiger partial charge in [0.15, 0.2) is 17.4 Å². The van der Waals surface area contributed by atoms with E-state index in [9.17, 15) is 61.7 Å². The second-order valence-corrected chi connectivity index (χ2v) is 21.6. The van der Waals surface area contributed by atoms with Gasteiger partial charge in [0.2, 0.25) is 5.95 Å². The van der Waals surface area contributed by atoms with Crippen molar-refractivity contribution in [3.05, 3.63) is 62.7 Å². The maximum atomic E-state index is 12.9. The van der Waals surface area contributed by atoms with Crippen molar-refractivity contribution in [3.63, 3.8) is 0 Å². The molecule has 0 radical (unpaired) electrons. The fourth-order valence-corrected chi connectivity index (χ4v) is 11.4. The van der Waals surface area contributed by atoms with Gasteiger partial charge in [-0.25, -0.2) is 37.2 Å². The lowest BCUT2D eigenvalue weighted by atomic mass is 10.0. The molecule has 1 fully saturated rings. The zero-order valence-electron chi connectivity index (χ0n) is 33.3. The van der Waals surface area contributed by atoms with Gasteiger partial charge in [-0.2, -0.15) is 27.2 Å². The largest absolute Gasteiger partial charge is 0.490 e. The van der Waals surface area contributed by atoms with Crippen molar-refractivity contribution in [1.82, 2.24) is 29.5 Å². The molecule has 5 unspecified atom stereocenters. The first kappa shape index (κ1) is 55.4. The number of aliphatic hydroxyl groups is 1. The molecule has 1 saturated heterocycles. The highest BCUT2D eigenvalue weighted by molar-refractivity contribution is 7.67. The number of aromatic nitrogens is 6. The summed E-state index contributed by atoms with van der Waals surface area (Å²) in [6.45, 7) is 8.07. The Labute approximate surface area is 359 Å². The van der Waals surface area contributed by atoms with Crippen LogP contribution >= 0.6 is 46.9 Å². The van der Waals surface area contributed by atoms with Gasteiger partial charge >= 0.3 is 52.6 Å². The molecule has 38 heteroatoms. The van der Waals surface area contributed by atoms with Crippen LogP contribution in [0.15, 0.2) is 51.5 Å². The molecule has 0 aromatic carbocycles. The SMILES string of the molecule is CCC(C)=CCC(OP(=O)(O)OP(=O)(O)OP(=O)(O)O)[C@H]1O[C@@H](n2cnc3c(=O)[nH]c(N)nc32)[C@H](O)[C@@H]1OP(=O)(O)OP(=O)(O)OP(=O)(O)O.CCC(C)=CCNc1cc[nH]c(=O)n1. The highest BCUT2D eigenvalue weighted by Crippen LogP contribution is 2.68. The van der Waals surface area contributed by atoms with Crippen molar-refractivity contribution >= 4 is 69.9 Å². The normalized spacial score (nSPS) is 23.0. The van der Waals surface area contributed by atoms with E-state index in [0.29, 0.717) is 24.4 Å². The van der Waals surface area contributed by atoms with Gasteiger partial charge in [0, 0.05) is 12.7 Å². The minimum absolute atomic E-state index is 0.326. The highest BCUT2D eigenvalue weighted by Gasteiger charge is 2.55. The lowest BCUT2D eigenvalue weighted by Crippen LogP contribution is -2.41. The van der Waals surface area contributed by atoms with Crippen molar-refractivity contribution in [1.29, 1.82) is 0 Å². The summed E-state index contributed by atoms with van der Waals surface area (Å²) in [5, 5.41) is 14.3. The lowest BCUT2D eigenvalue weighted by molar-refractivity contribution is -0.0790. The molecule has 4 rings (SSSR count). The van der Waals surface area contributed by atoms with E-state index in [2.05, 4.69) is 67.4 Å². The number of phosphoric acid groups is 6. The van der Waals surface area contributed by atoms with Crippen LogP contribution in [0.1, 0.15) is 53.2 Å². The molecule has 4 heterocycles. The van der Waals surface area contributed by atoms with Crippen molar-refractivity contribution in [2.45, 2.75) is 77.6 Å². The molecule has 9 atom stereocenters. The first-order chi connectivity index (χ1) is 29.2. The van der Waals surface area contributed by atoms with E-state index in [-0.39, 0.29) is 5.69 Å². The molecule has 14 N–H and O–H groups in total. The maximum Gasteiger partial charge on any atom is 0.490 e. The quantitative estimate of drug-likeness (QED) is 0.0533. The second-order valence-electron chi connectivity index (χ2n) is 12.9. The molecule has 64 heavy (non-hydrogen) atoms.